The zero-order valence-electron chi connectivity index (χ0n) is 20.9. The number of aliphatic hydroxyl groups excluding tert-OH is 1. The summed E-state index contributed by atoms with van der Waals surface area (Å²) in [5.41, 5.74) is 3.02. The summed E-state index contributed by atoms with van der Waals surface area (Å²) < 4.78 is 10.4. The number of ether oxygens (including phenoxy) is 2. The second-order valence-corrected chi connectivity index (χ2v) is 9.54. The van der Waals surface area contributed by atoms with E-state index in [0.29, 0.717) is 29.2 Å². The molecule has 37 heavy (non-hydrogen) atoms. The highest BCUT2D eigenvalue weighted by Crippen LogP contribution is 2.44. The van der Waals surface area contributed by atoms with Gasteiger partial charge in [0.05, 0.1) is 24.4 Å². The van der Waals surface area contributed by atoms with Crippen molar-refractivity contribution < 1.29 is 29.0 Å². The lowest BCUT2D eigenvalue weighted by atomic mass is 9.94. The summed E-state index contributed by atoms with van der Waals surface area (Å²) >= 11 is 0.957. The van der Waals surface area contributed by atoms with Gasteiger partial charge < -0.3 is 14.6 Å². The minimum absolute atomic E-state index is 0.0690. The third-order valence-electron chi connectivity index (χ3n) is 6.00. The Balaban J connectivity index is 1.89. The number of aryl methyl sites for hydroxylation is 3. The summed E-state index contributed by atoms with van der Waals surface area (Å²) in [7, 11) is 1.26. The number of anilines is 1. The number of ketones is 1. The molecule has 1 atom stereocenters. The Kier molecular flexibility index (Phi) is 7.26. The molecule has 1 aliphatic rings. The maximum Gasteiger partial charge on any atom is 0.350 e. The molecule has 8 nitrogen and oxygen atoms in total. The normalized spacial score (nSPS) is 16.6. The number of hydrogen-bond acceptors (Lipinski definition) is 8. The molecule has 1 saturated heterocycles. The number of carbonyl (C=O) groups excluding carboxylic acids is 3. The van der Waals surface area contributed by atoms with Crippen LogP contribution in [-0.4, -0.2) is 41.5 Å². The fourth-order valence-electron chi connectivity index (χ4n) is 4.12. The van der Waals surface area contributed by atoms with Crippen LogP contribution in [0.25, 0.3) is 5.76 Å². The molecule has 4 rings (SSSR count). The minimum atomic E-state index is -0.950. The van der Waals surface area contributed by atoms with Gasteiger partial charge in [-0.25, -0.2) is 9.78 Å². The van der Waals surface area contributed by atoms with Crippen molar-refractivity contribution >= 4 is 39.9 Å². The number of nitrogens with zero attached hydrogens (tertiary/aromatic N) is 2. The standard InChI is InChI=1S/C28H26N2O6S/c1-6-13-36-20-12-11-19(14-16(20)3)23(31)21-22(18-9-7-15(2)8-10-18)30(26(33)24(21)32)28-29-17(4)25(37-28)27(34)35-5/h6-12,14,22,31H,1,13H2,2-5H3/b23-21+. The largest absolute Gasteiger partial charge is 0.507 e. The minimum Gasteiger partial charge on any atom is -0.507 e. The van der Waals surface area contributed by atoms with E-state index in [4.69, 9.17) is 9.47 Å². The number of amides is 1. The number of aromatic nitrogens is 1. The van der Waals surface area contributed by atoms with Crippen molar-refractivity contribution in [3.05, 3.63) is 93.5 Å². The molecule has 2 aromatic carbocycles. The predicted molar refractivity (Wildman–Crippen MR) is 141 cm³/mol. The third kappa shape index (κ3) is 4.77. The lowest BCUT2D eigenvalue weighted by Crippen LogP contribution is -2.29. The molecule has 3 aromatic rings. The molecule has 1 aromatic heterocycles. The third-order valence-corrected chi connectivity index (χ3v) is 7.14. The Morgan fingerprint density at radius 2 is 1.86 bits per heavy atom. The Morgan fingerprint density at radius 1 is 1.16 bits per heavy atom. The van der Waals surface area contributed by atoms with Gasteiger partial charge in [-0.1, -0.05) is 53.8 Å². The van der Waals surface area contributed by atoms with Gasteiger partial charge in [0.15, 0.2) is 5.13 Å². The van der Waals surface area contributed by atoms with Crippen LogP contribution in [0.5, 0.6) is 5.75 Å². The number of methoxy groups -OCH3 is 1. The van der Waals surface area contributed by atoms with Gasteiger partial charge in [0, 0.05) is 5.56 Å². The van der Waals surface area contributed by atoms with Gasteiger partial charge in [0.2, 0.25) is 0 Å². The van der Waals surface area contributed by atoms with E-state index in [1.807, 2.05) is 26.0 Å². The van der Waals surface area contributed by atoms with Crippen LogP contribution in [0.2, 0.25) is 0 Å². The number of carbonyl (C=O) groups is 3. The highest BCUT2D eigenvalue weighted by Gasteiger charge is 2.48. The van der Waals surface area contributed by atoms with Crippen molar-refractivity contribution in [2.75, 3.05) is 18.6 Å². The molecule has 1 aliphatic heterocycles. The van der Waals surface area contributed by atoms with Crippen LogP contribution in [0.3, 0.4) is 0 Å². The van der Waals surface area contributed by atoms with Crippen molar-refractivity contribution in [2.45, 2.75) is 26.8 Å². The van der Waals surface area contributed by atoms with E-state index in [1.54, 1.807) is 43.3 Å². The van der Waals surface area contributed by atoms with E-state index in [9.17, 15) is 19.5 Å². The topological polar surface area (TPSA) is 106 Å². The monoisotopic (exact) mass is 518 g/mol. The molecule has 0 bridgehead atoms. The summed E-state index contributed by atoms with van der Waals surface area (Å²) in [6, 6.07) is 11.4. The second kappa shape index (κ2) is 10.4. The Labute approximate surface area is 218 Å². The number of aliphatic hydroxyl groups is 1. The molecular formula is C28H26N2O6S. The number of Topliss-reactive ketones (excluding diaryl/α,β-unsaturated/α-hetero) is 1. The second-order valence-electron chi connectivity index (χ2n) is 8.56. The van der Waals surface area contributed by atoms with Crippen LogP contribution in [0, 0.1) is 20.8 Å². The molecule has 2 heterocycles. The number of hydrogen-bond donors (Lipinski definition) is 1. The van der Waals surface area contributed by atoms with Crippen LogP contribution in [0.4, 0.5) is 5.13 Å². The molecule has 1 N–H and O–H groups in total. The molecule has 1 unspecified atom stereocenters. The van der Waals surface area contributed by atoms with Gasteiger partial charge >= 0.3 is 11.9 Å². The highest BCUT2D eigenvalue weighted by atomic mass is 32.1. The lowest BCUT2D eigenvalue weighted by Gasteiger charge is -2.23. The lowest BCUT2D eigenvalue weighted by molar-refractivity contribution is -0.132. The van der Waals surface area contributed by atoms with Crippen LogP contribution < -0.4 is 9.64 Å². The van der Waals surface area contributed by atoms with E-state index >= 15 is 0 Å². The van der Waals surface area contributed by atoms with Gasteiger partial charge in [0.1, 0.15) is 23.0 Å². The summed E-state index contributed by atoms with van der Waals surface area (Å²) in [5, 5.41) is 11.5. The van der Waals surface area contributed by atoms with Crippen molar-refractivity contribution in [3.8, 4) is 5.75 Å². The average Bonchev–Trinajstić information content (AvgIpc) is 3.39. The van der Waals surface area contributed by atoms with Crippen molar-refractivity contribution in [3.63, 3.8) is 0 Å². The Morgan fingerprint density at radius 3 is 2.49 bits per heavy atom. The summed E-state index contributed by atoms with van der Waals surface area (Å²) in [6.07, 6.45) is 1.63. The first kappa shape index (κ1) is 25.8. The summed E-state index contributed by atoms with van der Waals surface area (Å²) in [4.78, 5) is 44.8. The zero-order valence-corrected chi connectivity index (χ0v) is 21.7. The SMILES string of the molecule is C=CCOc1ccc(/C(O)=C2\C(=O)C(=O)N(c3nc(C)c(C(=O)OC)s3)C2c2ccc(C)cc2)cc1C. The Bertz CT molecular complexity index is 1440. The van der Waals surface area contributed by atoms with Crippen molar-refractivity contribution in [1.29, 1.82) is 0 Å². The van der Waals surface area contributed by atoms with Crippen LogP contribution >= 0.6 is 11.3 Å². The summed E-state index contributed by atoms with van der Waals surface area (Å²) in [6.45, 7) is 9.33. The molecule has 9 heteroatoms. The fraction of sp³-hybridized carbons (Fsp3) is 0.214. The first-order chi connectivity index (χ1) is 17.7. The quantitative estimate of drug-likeness (QED) is 0.153. The molecule has 0 spiro atoms. The molecule has 0 saturated carbocycles. The first-order valence-electron chi connectivity index (χ1n) is 11.5. The molecule has 1 fully saturated rings. The smallest absolute Gasteiger partial charge is 0.350 e. The van der Waals surface area contributed by atoms with Gasteiger partial charge in [0.25, 0.3) is 5.78 Å². The van der Waals surface area contributed by atoms with E-state index in [1.165, 1.54) is 12.0 Å². The predicted octanol–water partition coefficient (Wildman–Crippen LogP) is 5.05. The fourth-order valence-corrected chi connectivity index (χ4v) is 5.14. The highest BCUT2D eigenvalue weighted by molar-refractivity contribution is 7.17. The van der Waals surface area contributed by atoms with Gasteiger partial charge in [-0.3, -0.25) is 14.5 Å². The number of benzene rings is 2. The van der Waals surface area contributed by atoms with Crippen LogP contribution in [0.15, 0.2) is 60.7 Å². The summed E-state index contributed by atoms with van der Waals surface area (Å²) in [5.74, 6) is -1.98. The van der Waals surface area contributed by atoms with E-state index in [2.05, 4.69) is 11.6 Å². The molecule has 190 valence electrons. The number of rotatable bonds is 7. The van der Waals surface area contributed by atoms with Crippen LogP contribution in [-0.2, 0) is 14.3 Å². The molecule has 0 aliphatic carbocycles. The zero-order chi connectivity index (χ0) is 26.9. The molecule has 1 amide bonds. The Hall–Kier alpha value is -4.24. The maximum atomic E-state index is 13.4. The van der Waals surface area contributed by atoms with Crippen molar-refractivity contribution in [1.82, 2.24) is 4.98 Å². The maximum absolute atomic E-state index is 13.4. The number of esters is 1. The first-order valence-corrected chi connectivity index (χ1v) is 12.3. The number of thiazole rings is 1. The van der Waals surface area contributed by atoms with Crippen molar-refractivity contribution in [2.24, 2.45) is 0 Å². The average molecular weight is 519 g/mol. The van der Waals surface area contributed by atoms with E-state index in [-0.39, 0.29) is 21.3 Å². The van der Waals surface area contributed by atoms with Crippen LogP contribution in [0.1, 0.15) is 43.7 Å². The van der Waals surface area contributed by atoms with Gasteiger partial charge in [-0.2, -0.15) is 0 Å². The van der Waals surface area contributed by atoms with Gasteiger partial charge in [-0.15, -0.1) is 0 Å². The molecule has 0 radical (unpaired) electrons. The molecular weight excluding hydrogens is 492 g/mol. The van der Waals surface area contributed by atoms with E-state index in [0.717, 1.165) is 22.5 Å². The van der Waals surface area contributed by atoms with E-state index < -0.39 is 23.7 Å². The van der Waals surface area contributed by atoms with Gasteiger partial charge in [-0.05, 0) is 50.1 Å².